The van der Waals surface area contributed by atoms with E-state index in [-0.39, 0.29) is 23.7 Å². The van der Waals surface area contributed by atoms with Crippen LogP contribution in [0.4, 0.5) is 0 Å². The van der Waals surface area contributed by atoms with Crippen molar-refractivity contribution in [1.82, 2.24) is 10.9 Å². The molecule has 0 heterocycles. The molecule has 0 aliphatic heterocycles. The fourth-order valence-corrected chi connectivity index (χ4v) is 4.58. The van der Waals surface area contributed by atoms with E-state index in [1.165, 1.54) is 44.9 Å². The number of hydrogen-bond donors (Lipinski definition) is 2. The Bertz CT molecular complexity index is 418. The summed E-state index contributed by atoms with van der Waals surface area (Å²) >= 11 is 0. The summed E-state index contributed by atoms with van der Waals surface area (Å²) < 4.78 is 0. The number of carbonyl (C=O) groups is 2. The fourth-order valence-electron chi connectivity index (χ4n) is 4.58. The highest BCUT2D eigenvalue weighted by Crippen LogP contribution is 2.65. The molecule has 4 fully saturated rings. The molecule has 0 saturated heterocycles. The Balaban J connectivity index is 1.24. The van der Waals surface area contributed by atoms with Gasteiger partial charge in [0, 0.05) is 11.8 Å². The molecule has 0 aromatic carbocycles. The molecule has 4 rings (SSSR count). The lowest BCUT2D eigenvalue weighted by Gasteiger charge is -2.26. The molecule has 4 aliphatic carbocycles. The van der Waals surface area contributed by atoms with E-state index in [1.54, 1.807) is 0 Å². The van der Waals surface area contributed by atoms with Crippen LogP contribution in [0.25, 0.3) is 0 Å². The van der Waals surface area contributed by atoms with Crippen LogP contribution in [0.3, 0.4) is 0 Å². The van der Waals surface area contributed by atoms with Gasteiger partial charge in [-0.3, -0.25) is 20.4 Å². The van der Waals surface area contributed by atoms with E-state index in [2.05, 4.69) is 10.9 Å². The average Bonchev–Trinajstić information content (AvgIpc) is 3.24. The molecule has 4 nitrogen and oxygen atoms in total. The van der Waals surface area contributed by atoms with Crippen LogP contribution in [-0.2, 0) is 9.59 Å². The third-order valence-electron chi connectivity index (χ3n) is 6.12. The quantitative estimate of drug-likeness (QED) is 0.745. The van der Waals surface area contributed by atoms with Crippen molar-refractivity contribution in [1.29, 1.82) is 0 Å². The monoisotopic (exact) mass is 262 g/mol. The van der Waals surface area contributed by atoms with Gasteiger partial charge in [0.05, 0.1) is 0 Å². The third-order valence-corrected chi connectivity index (χ3v) is 6.12. The van der Waals surface area contributed by atoms with Gasteiger partial charge >= 0.3 is 0 Å². The molecule has 0 radical (unpaired) electrons. The molecule has 3 atom stereocenters. The predicted octanol–water partition coefficient (Wildman–Crippen LogP) is 1.76. The van der Waals surface area contributed by atoms with Gasteiger partial charge in [-0.05, 0) is 49.4 Å². The summed E-state index contributed by atoms with van der Waals surface area (Å²) in [4.78, 5) is 24.0. The molecule has 19 heavy (non-hydrogen) atoms. The van der Waals surface area contributed by atoms with Crippen LogP contribution in [0.2, 0.25) is 0 Å². The van der Waals surface area contributed by atoms with Gasteiger partial charge in [-0.15, -0.1) is 0 Å². The number of nitrogens with one attached hydrogen (secondary N) is 2. The van der Waals surface area contributed by atoms with E-state index in [4.69, 9.17) is 0 Å². The first-order valence-corrected chi connectivity index (χ1v) is 7.81. The van der Waals surface area contributed by atoms with Crippen molar-refractivity contribution in [2.75, 3.05) is 0 Å². The highest BCUT2D eigenvalue weighted by molar-refractivity contribution is 5.88. The van der Waals surface area contributed by atoms with E-state index < -0.39 is 0 Å². The minimum Gasteiger partial charge on any atom is -0.273 e. The summed E-state index contributed by atoms with van der Waals surface area (Å²) in [5.41, 5.74) is 5.67. The van der Waals surface area contributed by atoms with Crippen molar-refractivity contribution in [3.63, 3.8) is 0 Å². The predicted molar refractivity (Wildman–Crippen MR) is 69.6 cm³/mol. The Hall–Kier alpha value is -1.06. The van der Waals surface area contributed by atoms with Crippen LogP contribution in [-0.4, -0.2) is 11.8 Å². The van der Waals surface area contributed by atoms with E-state index in [9.17, 15) is 9.59 Å². The molecule has 4 heteroatoms. The lowest BCUT2D eigenvalue weighted by atomic mass is 9.80. The van der Waals surface area contributed by atoms with Crippen molar-refractivity contribution in [2.24, 2.45) is 29.1 Å². The van der Waals surface area contributed by atoms with E-state index in [1.807, 2.05) is 0 Å². The second-order valence-electron chi connectivity index (χ2n) is 7.09. The summed E-state index contributed by atoms with van der Waals surface area (Å²) in [5, 5.41) is 0. The summed E-state index contributed by atoms with van der Waals surface area (Å²) in [5.74, 6) is 1.64. The van der Waals surface area contributed by atoms with Crippen LogP contribution in [0.5, 0.6) is 0 Å². The number of hydrogen-bond acceptors (Lipinski definition) is 2. The zero-order valence-electron chi connectivity index (χ0n) is 11.3. The van der Waals surface area contributed by atoms with E-state index >= 15 is 0 Å². The molecule has 2 N–H and O–H groups in total. The lowest BCUT2D eigenvalue weighted by molar-refractivity contribution is -0.131. The Morgan fingerprint density at radius 1 is 0.895 bits per heavy atom. The molecule has 1 spiro atoms. The SMILES string of the molecule is O=C(NNC(=O)[C@@H]1CC12CCC2)C1[C@H]2CCCC[C@H]12. The Kier molecular flexibility index (Phi) is 2.45. The van der Waals surface area contributed by atoms with E-state index in [0.29, 0.717) is 17.3 Å². The van der Waals surface area contributed by atoms with Crippen LogP contribution < -0.4 is 10.9 Å². The number of hydrazine groups is 1. The number of carbonyl (C=O) groups excluding carboxylic acids is 2. The molecule has 2 amide bonds. The zero-order chi connectivity index (χ0) is 13.0. The smallest absolute Gasteiger partial charge is 0.242 e. The van der Waals surface area contributed by atoms with Crippen LogP contribution in [0.15, 0.2) is 0 Å². The van der Waals surface area contributed by atoms with Gasteiger partial charge in [-0.25, -0.2) is 0 Å². The lowest BCUT2D eigenvalue weighted by Crippen LogP contribution is -2.44. The van der Waals surface area contributed by atoms with Gasteiger partial charge in [-0.2, -0.15) is 0 Å². The first-order valence-electron chi connectivity index (χ1n) is 7.81. The standard InChI is InChI=1S/C15H22N2O2/c18-13(11-8-15(11)6-3-7-15)16-17-14(19)12-9-4-1-2-5-10(9)12/h9-12H,1-8H2,(H,16,18)(H,17,19)/t9-,10-,11-/m0/s1. The highest BCUT2D eigenvalue weighted by Gasteiger charge is 2.61. The normalized spacial score (nSPS) is 40.8. The molecule has 104 valence electrons. The summed E-state index contributed by atoms with van der Waals surface area (Å²) in [7, 11) is 0. The molecule has 0 unspecified atom stereocenters. The summed E-state index contributed by atoms with van der Waals surface area (Å²) in [6.07, 6.45) is 9.62. The Morgan fingerprint density at radius 2 is 1.53 bits per heavy atom. The molecule has 0 aromatic rings. The minimum atomic E-state index is 0.0386. The van der Waals surface area contributed by atoms with Gasteiger partial charge in [-0.1, -0.05) is 19.3 Å². The first-order chi connectivity index (χ1) is 9.21. The number of fused-ring (bicyclic) bond motifs is 1. The third kappa shape index (κ3) is 1.79. The van der Waals surface area contributed by atoms with Crippen molar-refractivity contribution in [3.05, 3.63) is 0 Å². The molecular weight excluding hydrogens is 240 g/mol. The minimum absolute atomic E-state index is 0.0386. The zero-order valence-corrected chi connectivity index (χ0v) is 11.3. The van der Waals surface area contributed by atoms with Crippen molar-refractivity contribution in [3.8, 4) is 0 Å². The summed E-state index contributed by atoms with van der Waals surface area (Å²) in [6.45, 7) is 0. The molecule has 4 aliphatic rings. The van der Waals surface area contributed by atoms with E-state index in [0.717, 1.165) is 6.42 Å². The molecule has 4 saturated carbocycles. The first kappa shape index (κ1) is 11.7. The maximum absolute atomic E-state index is 12.0. The van der Waals surface area contributed by atoms with Crippen LogP contribution in [0, 0.1) is 29.1 Å². The highest BCUT2D eigenvalue weighted by atomic mass is 16.2. The largest absolute Gasteiger partial charge is 0.273 e. The van der Waals surface area contributed by atoms with Gasteiger partial charge in [0.1, 0.15) is 0 Å². The second-order valence-corrected chi connectivity index (χ2v) is 7.09. The Morgan fingerprint density at radius 3 is 2.05 bits per heavy atom. The van der Waals surface area contributed by atoms with Gasteiger partial charge in [0.15, 0.2) is 0 Å². The topological polar surface area (TPSA) is 58.2 Å². The van der Waals surface area contributed by atoms with Crippen LogP contribution >= 0.6 is 0 Å². The van der Waals surface area contributed by atoms with Gasteiger partial charge < -0.3 is 0 Å². The molecule has 0 aromatic heterocycles. The van der Waals surface area contributed by atoms with Crippen molar-refractivity contribution in [2.45, 2.75) is 51.4 Å². The molecule has 0 bridgehead atoms. The number of rotatable bonds is 2. The Labute approximate surface area is 113 Å². The van der Waals surface area contributed by atoms with Crippen LogP contribution in [0.1, 0.15) is 51.4 Å². The van der Waals surface area contributed by atoms with Crippen molar-refractivity contribution < 1.29 is 9.59 Å². The maximum Gasteiger partial charge on any atom is 0.242 e. The van der Waals surface area contributed by atoms with Gasteiger partial charge in [0.25, 0.3) is 0 Å². The van der Waals surface area contributed by atoms with Gasteiger partial charge in [0.2, 0.25) is 11.8 Å². The maximum atomic E-state index is 12.0. The summed E-state index contributed by atoms with van der Waals surface area (Å²) in [6, 6.07) is 0. The number of amides is 2. The average molecular weight is 262 g/mol. The second kappa shape index (κ2) is 3.97. The molecular formula is C15H22N2O2. The fraction of sp³-hybridized carbons (Fsp3) is 0.867. The van der Waals surface area contributed by atoms with Crippen molar-refractivity contribution >= 4 is 11.8 Å².